The minimum absolute atomic E-state index is 0.327. The molecule has 0 atom stereocenters. The second-order valence-electron chi connectivity index (χ2n) is 6.36. The van der Waals surface area contributed by atoms with Crippen LogP contribution in [0.4, 0.5) is 5.69 Å². The van der Waals surface area contributed by atoms with E-state index in [2.05, 4.69) is 34.5 Å². The van der Waals surface area contributed by atoms with Crippen molar-refractivity contribution in [1.82, 2.24) is 4.90 Å². The van der Waals surface area contributed by atoms with Crippen LogP contribution in [0.25, 0.3) is 0 Å². The summed E-state index contributed by atoms with van der Waals surface area (Å²) in [4.78, 5) is 13.6. The molecule has 2 aromatic rings. The Morgan fingerprint density at radius 3 is 2.58 bits per heavy atom. The van der Waals surface area contributed by atoms with Crippen LogP contribution in [0.3, 0.4) is 0 Å². The van der Waals surface area contributed by atoms with E-state index in [0.29, 0.717) is 12.1 Å². The van der Waals surface area contributed by atoms with Crippen LogP contribution in [0, 0.1) is 0 Å². The third-order valence-electron chi connectivity index (χ3n) is 4.51. The van der Waals surface area contributed by atoms with E-state index in [0.717, 1.165) is 24.2 Å². The number of rotatable bonds is 7. The number of nitrogens with one attached hydrogen (secondary N) is 1. The van der Waals surface area contributed by atoms with Gasteiger partial charge in [0.25, 0.3) is 0 Å². The van der Waals surface area contributed by atoms with Gasteiger partial charge in [0.15, 0.2) is 0 Å². The minimum atomic E-state index is -0.888. The number of carboxylic acid groups (broad SMARTS) is 1. The number of anilines is 1. The molecule has 1 saturated heterocycles. The molecule has 1 aliphatic heterocycles. The molecule has 3 rings (SSSR count). The van der Waals surface area contributed by atoms with Crippen LogP contribution in [-0.2, 0) is 13.0 Å². The van der Waals surface area contributed by atoms with E-state index in [1.807, 2.05) is 6.07 Å². The van der Waals surface area contributed by atoms with Crippen LogP contribution in [0.1, 0.15) is 34.3 Å². The van der Waals surface area contributed by atoms with Crippen LogP contribution in [-0.4, -0.2) is 35.6 Å². The fourth-order valence-corrected chi connectivity index (χ4v) is 3.15. The normalized spacial score (nSPS) is 14.7. The van der Waals surface area contributed by atoms with Gasteiger partial charge in [0.05, 0.1) is 5.56 Å². The molecule has 0 unspecified atom stereocenters. The monoisotopic (exact) mass is 324 g/mol. The molecule has 1 heterocycles. The molecule has 0 aromatic heterocycles. The molecule has 4 heteroatoms. The van der Waals surface area contributed by atoms with Crippen molar-refractivity contribution in [2.45, 2.75) is 25.8 Å². The minimum Gasteiger partial charge on any atom is -0.478 e. The Hall–Kier alpha value is -2.33. The SMILES string of the molecule is O=C(O)c1cccc(CNc2cccc(CCN3CCCC3)c2)c1. The second-order valence-corrected chi connectivity index (χ2v) is 6.36. The molecular weight excluding hydrogens is 300 g/mol. The van der Waals surface area contributed by atoms with Crippen molar-refractivity contribution in [3.8, 4) is 0 Å². The third-order valence-corrected chi connectivity index (χ3v) is 4.51. The summed E-state index contributed by atoms with van der Waals surface area (Å²) in [7, 11) is 0. The Bertz CT molecular complexity index is 694. The number of benzene rings is 2. The highest BCUT2D eigenvalue weighted by Gasteiger charge is 2.10. The molecule has 0 amide bonds. The molecule has 0 radical (unpaired) electrons. The van der Waals surface area contributed by atoms with E-state index >= 15 is 0 Å². The molecule has 2 aromatic carbocycles. The summed E-state index contributed by atoms with van der Waals surface area (Å²) in [5, 5.41) is 12.4. The van der Waals surface area contributed by atoms with Gasteiger partial charge in [-0.25, -0.2) is 4.79 Å². The average molecular weight is 324 g/mol. The molecule has 0 bridgehead atoms. The summed E-state index contributed by atoms with van der Waals surface area (Å²) < 4.78 is 0. The summed E-state index contributed by atoms with van der Waals surface area (Å²) in [5.74, 6) is -0.888. The zero-order chi connectivity index (χ0) is 16.8. The maximum atomic E-state index is 11.0. The van der Waals surface area contributed by atoms with Crippen LogP contribution in [0.15, 0.2) is 48.5 Å². The van der Waals surface area contributed by atoms with Gasteiger partial charge in [-0.05, 0) is 67.7 Å². The molecule has 126 valence electrons. The molecule has 2 N–H and O–H groups in total. The Labute approximate surface area is 143 Å². The van der Waals surface area contributed by atoms with Gasteiger partial charge in [-0.2, -0.15) is 0 Å². The third kappa shape index (κ3) is 4.59. The largest absolute Gasteiger partial charge is 0.478 e. The summed E-state index contributed by atoms with van der Waals surface area (Å²) in [5.41, 5.74) is 3.71. The van der Waals surface area contributed by atoms with E-state index in [9.17, 15) is 4.79 Å². The summed E-state index contributed by atoms with van der Waals surface area (Å²) in [6.45, 7) is 4.22. The van der Waals surface area contributed by atoms with E-state index in [4.69, 9.17) is 5.11 Å². The van der Waals surface area contributed by atoms with Crippen molar-refractivity contribution < 1.29 is 9.90 Å². The van der Waals surface area contributed by atoms with Gasteiger partial charge in [-0.15, -0.1) is 0 Å². The number of nitrogens with zero attached hydrogens (tertiary/aromatic N) is 1. The zero-order valence-corrected chi connectivity index (χ0v) is 13.9. The van der Waals surface area contributed by atoms with E-state index in [1.165, 1.54) is 31.5 Å². The van der Waals surface area contributed by atoms with Gasteiger partial charge >= 0.3 is 5.97 Å². The number of hydrogen-bond acceptors (Lipinski definition) is 3. The Balaban J connectivity index is 1.56. The molecule has 24 heavy (non-hydrogen) atoms. The van der Waals surface area contributed by atoms with Crippen LogP contribution < -0.4 is 5.32 Å². The quantitative estimate of drug-likeness (QED) is 0.816. The zero-order valence-electron chi connectivity index (χ0n) is 13.9. The molecule has 0 aliphatic carbocycles. The fraction of sp³-hybridized carbons (Fsp3) is 0.350. The maximum absolute atomic E-state index is 11.0. The highest BCUT2D eigenvalue weighted by molar-refractivity contribution is 5.87. The van der Waals surface area contributed by atoms with Crippen molar-refractivity contribution in [3.63, 3.8) is 0 Å². The van der Waals surface area contributed by atoms with Crippen molar-refractivity contribution in [3.05, 3.63) is 65.2 Å². The Morgan fingerprint density at radius 2 is 1.79 bits per heavy atom. The lowest BCUT2D eigenvalue weighted by molar-refractivity contribution is 0.0697. The lowest BCUT2D eigenvalue weighted by Crippen LogP contribution is -2.21. The van der Waals surface area contributed by atoms with Gasteiger partial charge in [0, 0.05) is 18.8 Å². The number of carbonyl (C=O) groups is 1. The number of aromatic carboxylic acids is 1. The first-order chi connectivity index (χ1) is 11.7. The Kier molecular flexibility index (Phi) is 5.49. The summed E-state index contributed by atoms with van der Waals surface area (Å²) >= 11 is 0. The van der Waals surface area contributed by atoms with Gasteiger partial charge in [-0.1, -0.05) is 24.3 Å². The smallest absolute Gasteiger partial charge is 0.335 e. The molecule has 1 aliphatic rings. The standard InChI is InChI=1S/C20H24N2O2/c23-20(24)18-7-3-6-17(13-18)15-21-19-8-4-5-16(14-19)9-12-22-10-1-2-11-22/h3-8,13-14,21H,1-2,9-12,15H2,(H,23,24). The molecule has 4 nitrogen and oxygen atoms in total. The highest BCUT2D eigenvalue weighted by Crippen LogP contribution is 2.15. The second kappa shape index (κ2) is 7.97. The summed E-state index contributed by atoms with van der Waals surface area (Å²) in [6, 6.07) is 15.6. The van der Waals surface area contributed by atoms with Crippen LogP contribution in [0.2, 0.25) is 0 Å². The number of hydrogen-bond donors (Lipinski definition) is 2. The highest BCUT2D eigenvalue weighted by atomic mass is 16.4. The first kappa shape index (κ1) is 16.5. The van der Waals surface area contributed by atoms with Gasteiger partial charge < -0.3 is 15.3 Å². The molecule has 0 saturated carbocycles. The van der Waals surface area contributed by atoms with Crippen molar-refractivity contribution in [2.75, 3.05) is 25.0 Å². The van der Waals surface area contributed by atoms with Gasteiger partial charge in [0.2, 0.25) is 0 Å². The van der Waals surface area contributed by atoms with Crippen molar-refractivity contribution >= 4 is 11.7 Å². The number of likely N-dealkylation sites (tertiary alicyclic amines) is 1. The predicted molar refractivity (Wildman–Crippen MR) is 96.5 cm³/mol. The summed E-state index contributed by atoms with van der Waals surface area (Å²) in [6.07, 6.45) is 3.73. The Morgan fingerprint density at radius 1 is 1.04 bits per heavy atom. The van der Waals surface area contributed by atoms with Crippen molar-refractivity contribution in [2.24, 2.45) is 0 Å². The number of carboxylic acids is 1. The average Bonchev–Trinajstić information content (AvgIpc) is 3.12. The van der Waals surface area contributed by atoms with Gasteiger partial charge in [0.1, 0.15) is 0 Å². The van der Waals surface area contributed by atoms with E-state index < -0.39 is 5.97 Å². The molecule has 1 fully saturated rings. The molecule has 0 spiro atoms. The first-order valence-corrected chi connectivity index (χ1v) is 8.58. The molecular formula is C20H24N2O2. The topological polar surface area (TPSA) is 52.6 Å². The lowest BCUT2D eigenvalue weighted by atomic mass is 10.1. The predicted octanol–water partition coefficient (Wildman–Crippen LogP) is 3.64. The first-order valence-electron chi connectivity index (χ1n) is 8.58. The van der Waals surface area contributed by atoms with E-state index in [1.54, 1.807) is 18.2 Å². The van der Waals surface area contributed by atoms with Crippen LogP contribution >= 0.6 is 0 Å². The maximum Gasteiger partial charge on any atom is 0.335 e. The van der Waals surface area contributed by atoms with Crippen molar-refractivity contribution in [1.29, 1.82) is 0 Å². The van der Waals surface area contributed by atoms with Gasteiger partial charge in [-0.3, -0.25) is 0 Å². The van der Waals surface area contributed by atoms with Crippen LogP contribution in [0.5, 0.6) is 0 Å². The van der Waals surface area contributed by atoms with E-state index in [-0.39, 0.29) is 0 Å². The lowest BCUT2D eigenvalue weighted by Gasteiger charge is -2.15. The fourth-order valence-electron chi connectivity index (χ4n) is 3.15.